The summed E-state index contributed by atoms with van der Waals surface area (Å²) in [5.74, 6) is 0.0249. The number of nitrogen functional groups attached to an aromatic ring is 1. The van der Waals surface area contributed by atoms with Crippen LogP contribution >= 0.6 is 0 Å². The van der Waals surface area contributed by atoms with Crippen molar-refractivity contribution in [3.05, 3.63) is 12.4 Å². The predicted molar refractivity (Wildman–Crippen MR) is 67.8 cm³/mol. The van der Waals surface area contributed by atoms with E-state index in [1.165, 1.54) is 19.4 Å². The Balaban J connectivity index is 1.55. The number of nitrogens with two attached hydrogens (primary N) is 1. The first kappa shape index (κ1) is 11.5. The number of fused-ring (bicyclic) bond motifs is 1. The lowest BCUT2D eigenvalue weighted by Crippen LogP contribution is -2.43. The molecule has 0 bridgehead atoms. The number of aromatic nitrogens is 2. The molecule has 6 nitrogen and oxygen atoms in total. The smallest absolute Gasteiger partial charge is 0.242 e. The standard InChI is InChI=1S/C12H19N5O/c13-9-6-14-17(7-9)8-12(18)15-10-3-5-16-4-1-2-11(10)16/h6-7,10-11H,1-5,8,13H2,(H,15,18). The maximum Gasteiger partial charge on any atom is 0.242 e. The molecular formula is C12H19N5O. The second-order valence-electron chi connectivity index (χ2n) is 5.18. The van der Waals surface area contributed by atoms with Crippen molar-refractivity contribution in [2.24, 2.45) is 0 Å². The van der Waals surface area contributed by atoms with Crippen LogP contribution in [0, 0.1) is 0 Å². The Bertz CT molecular complexity index is 443. The van der Waals surface area contributed by atoms with Gasteiger partial charge < -0.3 is 11.1 Å². The first-order valence-corrected chi connectivity index (χ1v) is 6.54. The predicted octanol–water partition coefficient (Wildman–Crippen LogP) is -0.182. The Morgan fingerprint density at radius 3 is 3.17 bits per heavy atom. The second-order valence-corrected chi connectivity index (χ2v) is 5.18. The third-order valence-corrected chi connectivity index (χ3v) is 3.91. The number of amides is 1. The zero-order valence-corrected chi connectivity index (χ0v) is 10.4. The van der Waals surface area contributed by atoms with E-state index in [9.17, 15) is 4.79 Å². The maximum atomic E-state index is 11.9. The van der Waals surface area contributed by atoms with Crippen molar-refractivity contribution in [2.75, 3.05) is 18.8 Å². The van der Waals surface area contributed by atoms with Crippen molar-refractivity contribution >= 4 is 11.6 Å². The quantitative estimate of drug-likeness (QED) is 0.779. The molecule has 1 aromatic heterocycles. The summed E-state index contributed by atoms with van der Waals surface area (Å²) in [4.78, 5) is 14.4. The second kappa shape index (κ2) is 4.61. The average Bonchev–Trinajstić information content (AvgIpc) is 2.98. The Hall–Kier alpha value is -1.56. The molecule has 0 radical (unpaired) electrons. The van der Waals surface area contributed by atoms with Gasteiger partial charge in [-0.2, -0.15) is 5.10 Å². The van der Waals surface area contributed by atoms with E-state index in [2.05, 4.69) is 15.3 Å². The number of nitrogens with zero attached hydrogens (tertiary/aromatic N) is 3. The van der Waals surface area contributed by atoms with Gasteiger partial charge in [0.1, 0.15) is 6.54 Å². The minimum Gasteiger partial charge on any atom is -0.396 e. The first-order chi connectivity index (χ1) is 8.72. The number of carbonyl (C=O) groups excluding carboxylic acids is 1. The highest BCUT2D eigenvalue weighted by Crippen LogP contribution is 2.27. The van der Waals surface area contributed by atoms with Crippen molar-refractivity contribution in [3.8, 4) is 0 Å². The van der Waals surface area contributed by atoms with Crippen LogP contribution in [0.25, 0.3) is 0 Å². The lowest BCUT2D eigenvalue weighted by molar-refractivity contribution is -0.122. The number of anilines is 1. The van der Waals surface area contributed by atoms with E-state index in [-0.39, 0.29) is 12.5 Å². The van der Waals surface area contributed by atoms with Crippen LogP contribution in [0.2, 0.25) is 0 Å². The molecule has 2 unspecified atom stereocenters. The van der Waals surface area contributed by atoms with Crippen LogP contribution in [0.5, 0.6) is 0 Å². The molecule has 2 aliphatic rings. The summed E-state index contributed by atoms with van der Waals surface area (Å²) in [5, 5.41) is 7.14. The Morgan fingerprint density at radius 1 is 1.50 bits per heavy atom. The molecule has 2 aliphatic heterocycles. The lowest BCUT2D eigenvalue weighted by Gasteiger charge is -2.21. The van der Waals surface area contributed by atoms with Crippen LogP contribution in [-0.4, -0.2) is 45.8 Å². The first-order valence-electron chi connectivity index (χ1n) is 6.54. The number of hydrogen-bond donors (Lipinski definition) is 2. The van der Waals surface area contributed by atoms with Gasteiger partial charge in [-0.3, -0.25) is 14.4 Å². The SMILES string of the molecule is Nc1cnn(CC(=O)NC2CCN3CCCC23)c1. The molecule has 0 aliphatic carbocycles. The highest BCUT2D eigenvalue weighted by atomic mass is 16.2. The van der Waals surface area contributed by atoms with Gasteiger partial charge in [-0.05, 0) is 25.8 Å². The van der Waals surface area contributed by atoms with E-state index in [0.29, 0.717) is 17.8 Å². The van der Waals surface area contributed by atoms with E-state index in [1.54, 1.807) is 17.1 Å². The molecule has 2 atom stereocenters. The fourth-order valence-corrected chi connectivity index (χ4v) is 3.12. The van der Waals surface area contributed by atoms with Crippen LogP contribution < -0.4 is 11.1 Å². The summed E-state index contributed by atoms with van der Waals surface area (Å²) in [5.41, 5.74) is 6.15. The largest absolute Gasteiger partial charge is 0.396 e. The fraction of sp³-hybridized carbons (Fsp3) is 0.667. The molecule has 18 heavy (non-hydrogen) atoms. The molecule has 98 valence electrons. The molecule has 0 spiro atoms. The molecule has 0 saturated carbocycles. The van der Waals surface area contributed by atoms with Crippen LogP contribution in [0.15, 0.2) is 12.4 Å². The van der Waals surface area contributed by atoms with Gasteiger partial charge in [0.25, 0.3) is 0 Å². The summed E-state index contributed by atoms with van der Waals surface area (Å²) in [7, 11) is 0. The molecule has 3 heterocycles. The average molecular weight is 249 g/mol. The highest BCUT2D eigenvalue weighted by Gasteiger charge is 2.37. The van der Waals surface area contributed by atoms with Gasteiger partial charge in [-0.15, -0.1) is 0 Å². The van der Waals surface area contributed by atoms with Gasteiger partial charge in [-0.25, -0.2) is 0 Å². The van der Waals surface area contributed by atoms with E-state index in [1.807, 2.05) is 0 Å². The Kier molecular flexibility index (Phi) is 2.95. The van der Waals surface area contributed by atoms with Crippen LogP contribution in [0.1, 0.15) is 19.3 Å². The summed E-state index contributed by atoms with van der Waals surface area (Å²) in [6.45, 7) is 2.55. The number of carbonyl (C=O) groups is 1. The van der Waals surface area contributed by atoms with Gasteiger partial charge in [-0.1, -0.05) is 0 Å². The van der Waals surface area contributed by atoms with Crippen molar-refractivity contribution < 1.29 is 4.79 Å². The molecule has 1 aromatic rings. The number of rotatable bonds is 3. The van der Waals surface area contributed by atoms with E-state index < -0.39 is 0 Å². The number of hydrogen-bond acceptors (Lipinski definition) is 4. The van der Waals surface area contributed by atoms with Gasteiger partial charge in [0.2, 0.25) is 5.91 Å². The molecule has 0 aromatic carbocycles. The van der Waals surface area contributed by atoms with Crippen molar-refractivity contribution in [2.45, 2.75) is 37.9 Å². The van der Waals surface area contributed by atoms with Gasteiger partial charge >= 0.3 is 0 Å². The molecule has 3 N–H and O–H groups in total. The third-order valence-electron chi connectivity index (χ3n) is 3.91. The minimum absolute atomic E-state index is 0.0249. The van der Waals surface area contributed by atoms with Crippen LogP contribution in [-0.2, 0) is 11.3 Å². The normalized spacial score (nSPS) is 27.3. The summed E-state index contributed by atoms with van der Waals surface area (Å²) < 4.78 is 1.58. The topological polar surface area (TPSA) is 76.2 Å². The van der Waals surface area contributed by atoms with E-state index in [0.717, 1.165) is 13.0 Å². The third kappa shape index (κ3) is 2.20. The molecular weight excluding hydrogens is 230 g/mol. The maximum absolute atomic E-state index is 11.9. The van der Waals surface area contributed by atoms with Gasteiger partial charge in [0.15, 0.2) is 0 Å². The fourth-order valence-electron chi connectivity index (χ4n) is 3.12. The summed E-state index contributed by atoms with van der Waals surface area (Å²) >= 11 is 0. The molecule has 6 heteroatoms. The molecule has 3 rings (SSSR count). The summed E-state index contributed by atoms with van der Waals surface area (Å²) in [6.07, 6.45) is 6.77. The lowest BCUT2D eigenvalue weighted by atomic mass is 10.1. The summed E-state index contributed by atoms with van der Waals surface area (Å²) in [6, 6.07) is 0.865. The van der Waals surface area contributed by atoms with Crippen LogP contribution in [0.4, 0.5) is 5.69 Å². The highest BCUT2D eigenvalue weighted by molar-refractivity contribution is 5.76. The molecule has 2 fully saturated rings. The zero-order chi connectivity index (χ0) is 12.5. The van der Waals surface area contributed by atoms with Crippen molar-refractivity contribution in [1.82, 2.24) is 20.0 Å². The Labute approximate surface area is 106 Å². The Morgan fingerprint density at radius 2 is 2.39 bits per heavy atom. The molecule has 2 saturated heterocycles. The molecule has 1 amide bonds. The van der Waals surface area contributed by atoms with Crippen LogP contribution in [0.3, 0.4) is 0 Å². The minimum atomic E-state index is 0.0249. The van der Waals surface area contributed by atoms with Crippen molar-refractivity contribution in [3.63, 3.8) is 0 Å². The zero-order valence-electron chi connectivity index (χ0n) is 10.4. The van der Waals surface area contributed by atoms with Crippen molar-refractivity contribution in [1.29, 1.82) is 0 Å². The number of nitrogens with one attached hydrogen (secondary N) is 1. The van der Waals surface area contributed by atoms with Gasteiger partial charge in [0, 0.05) is 24.8 Å². The van der Waals surface area contributed by atoms with E-state index in [4.69, 9.17) is 5.73 Å². The van der Waals surface area contributed by atoms with E-state index >= 15 is 0 Å². The monoisotopic (exact) mass is 249 g/mol. The van der Waals surface area contributed by atoms with Gasteiger partial charge in [0.05, 0.1) is 11.9 Å².